The molecule has 23 heavy (non-hydrogen) atoms. The highest BCUT2D eigenvalue weighted by molar-refractivity contribution is 7.99. The first-order valence-corrected chi connectivity index (χ1v) is 7.97. The maximum absolute atomic E-state index is 12.1. The standard InChI is InChI=1S/C16H19N3O3S/c1-10-7-11(2)18-16(17-10)23-9-15(20)19-13-6-5-12(21-3)8-14(13)22-4/h5-8H,9H2,1-4H3,(H,19,20). The number of rotatable bonds is 6. The van der Waals surface area contributed by atoms with Crippen molar-refractivity contribution in [2.75, 3.05) is 25.3 Å². The van der Waals surface area contributed by atoms with Crippen LogP contribution in [0.15, 0.2) is 29.4 Å². The molecular formula is C16H19N3O3S. The van der Waals surface area contributed by atoms with Gasteiger partial charge >= 0.3 is 0 Å². The van der Waals surface area contributed by atoms with E-state index in [0.717, 1.165) is 11.4 Å². The zero-order valence-electron chi connectivity index (χ0n) is 13.5. The molecule has 6 nitrogen and oxygen atoms in total. The molecule has 0 spiro atoms. The maximum atomic E-state index is 12.1. The number of amides is 1. The van der Waals surface area contributed by atoms with Crippen LogP contribution in [0.5, 0.6) is 11.5 Å². The van der Waals surface area contributed by atoms with E-state index < -0.39 is 0 Å². The van der Waals surface area contributed by atoms with Crippen molar-refractivity contribution in [2.24, 2.45) is 0 Å². The SMILES string of the molecule is COc1ccc(NC(=O)CSc2nc(C)cc(C)n2)c(OC)c1. The van der Waals surface area contributed by atoms with Gasteiger partial charge in [0.25, 0.3) is 0 Å². The summed E-state index contributed by atoms with van der Waals surface area (Å²) in [5.74, 6) is 1.28. The van der Waals surface area contributed by atoms with Crippen molar-refractivity contribution < 1.29 is 14.3 Å². The monoisotopic (exact) mass is 333 g/mol. The van der Waals surface area contributed by atoms with Crippen LogP contribution >= 0.6 is 11.8 Å². The van der Waals surface area contributed by atoms with Gasteiger partial charge in [0.15, 0.2) is 5.16 Å². The number of anilines is 1. The minimum Gasteiger partial charge on any atom is -0.497 e. The summed E-state index contributed by atoms with van der Waals surface area (Å²) in [6.45, 7) is 3.81. The second-order valence-corrected chi connectivity index (χ2v) is 5.78. The average molecular weight is 333 g/mol. The molecule has 0 saturated heterocycles. The minimum absolute atomic E-state index is 0.152. The summed E-state index contributed by atoms with van der Waals surface area (Å²) in [5, 5.41) is 3.41. The predicted molar refractivity (Wildman–Crippen MR) is 90.4 cm³/mol. The average Bonchev–Trinajstić information content (AvgIpc) is 2.52. The third-order valence-corrected chi connectivity index (χ3v) is 3.82. The van der Waals surface area contributed by atoms with Gasteiger partial charge in [-0.2, -0.15) is 0 Å². The molecule has 0 atom stereocenters. The van der Waals surface area contributed by atoms with Gasteiger partial charge in [-0.25, -0.2) is 9.97 Å². The van der Waals surface area contributed by atoms with E-state index in [2.05, 4.69) is 15.3 Å². The highest BCUT2D eigenvalue weighted by atomic mass is 32.2. The molecule has 0 aliphatic rings. The number of thioether (sulfide) groups is 1. The second kappa shape index (κ2) is 7.82. The van der Waals surface area contributed by atoms with Gasteiger partial charge in [-0.1, -0.05) is 11.8 Å². The lowest BCUT2D eigenvalue weighted by atomic mass is 10.2. The van der Waals surface area contributed by atoms with Crippen LogP contribution in [0.25, 0.3) is 0 Å². The second-order valence-electron chi connectivity index (χ2n) is 4.84. The lowest BCUT2D eigenvalue weighted by Gasteiger charge is -2.11. The number of hydrogen-bond acceptors (Lipinski definition) is 6. The smallest absolute Gasteiger partial charge is 0.234 e. The number of nitrogens with zero attached hydrogens (tertiary/aromatic N) is 2. The van der Waals surface area contributed by atoms with Crippen molar-refractivity contribution in [3.8, 4) is 11.5 Å². The molecule has 1 aromatic heterocycles. The molecule has 2 aromatic rings. The van der Waals surface area contributed by atoms with E-state index in [4.69, 9.17) is 9.47 Å². The Bertz CT molecular complexity index is 687. The van der Waals surface area contributed by atoms with E-state index in [1.807, 2.05) is 19.9 Å². The summed E-state index contributed by atoms with van der Waals surface area (Å²) in [5.41, 5.74) is 2.37. The van der Waals surface area contributed by atoms with E-state index in [-0.39, 0.29) is 11.7 Å². The van der Waals surface area contributed by atoms with E-state index in [1.54, 1.807) is 32.4 Å². The summed E-state index contributed by atoms with van der Waals surface area (Å²) < 4.78 is 10.4. The van der Waals surface area contributed by atoms with Gasteiger partial charge in [0.1, 0.15) is 11.5 Å². The first-order valence-electron chi connectivity index (χ1n) is 6.99. The molecule has 1 amide bonds. The number of nitrogens with one attached hydrogen (secondary N) is 1. The van der Waals surface area contributed by atoms with Crippen molar-refractivity contribution in [3.05, 3.63) is 35.7 Å². The van der Waals surface area contributed by atoms with Gasteiger partial charge in [-0.15, -0.1) is 0 Å². The van der Waals surface area contributed by atoms with Crippen molar-refractivity contribution in [3.63, 3.8) is 0 Å². The Labute approximate surface area is 139 Å². The molecule has 0 radical (unpaired) electrons. The molecule has 1 heterocycles. The Morgan fingerprint density at radius 1 is 1.13 bits per heavy atom. The summed E-state index contributed by atoms with van der Waals surface area (Å²) >= 11 is 1.30. The quantitative estimate of drug-likeness (QED) is 0.647. The summed E-state index contributed by atoms with van der Waals surface area (Å²) in [7, 11) is 3.12. The summed E-state index contributed by atoms with van der Waals surface area (Å²) in [6.07, 6.45) is 0. The van der Waals surface area contributed by atoms with Crippen LogP contribution in [-0.4, -0.2) is 35.8 Å². The first kappa shape index (κ1) is 17.1. The molecule has 7 heteroatoms. The minimum atomic E-state index is -0.152. The Hall–Kier alpha value is -2.28. The van der Waals surface area contributed by atoms with E-state index in [0.29, 0.717) is 22.3 Å². The van der Waals surface area contributed by atoms with Gasteiger partial charge in [-0.05, 0) is 32.0 Å². The van der Waals surface area contributed by atoms with Crippen LogP contribution in [0, 0.1) is 13.8 Å². The molecular weight excluding hydrogens is 314 g/mol. The predicted octanol–water partition coefficient (Wildman–Crippen LogP) is 2.84. The third kappa shape index (κ3) is 4.85. The van der Waals surface area contributed by atoms with Gasteiger partial charge in [0.05, 0.1) is 25.7 Å². The molecule has 2 rings (SSSR count). The van der Waals surface area contributed by atoms with Gasteiger partial charge in [0.2, 0.25) is 5.91 Å². The fourth-order valence-electron chi connectivity index (χ4n) is 1.98. The topological polar surface area (TPSA) is 73.3 Å². The van der Waals surface area contributed by atoms with Crippen molar-refractivity contribution in [1.29, 1.82) is 0 Å². The molecule has 0 aliphatic carbocycles. The van der Waals surface area contributed by atoms with Crippen LogP contribution in [0.3, 0.4) is 0 Å². The first-order chi connectivity index (χ1) is 11.0. The Morgan fingerprint density at radius 2 is 1.83 bits per heavy atom. The van der Waals surface area contributed by atoms with E-state index in [9.17, 15) is 4.79 Å². The zero-order chi connectivity index (χ0) is 16.8. The van der Waals surface area contributed by atoms with Gasteiger partial charge < -0.3 is 14.8 Å². The Balaban J connectivity index is 1.99. The highest BCUT2D eigenvalue weighted by Crippen LogP contribution is 2.29. The molecule has 1 N–H and O–H groups in total. The number of carbonyl (C=O) groups is 1. The molecule has 0 unspecified atom stereocenters. The fourth-order valence-corrected chi connectivity index (χ4v) is 2.73. The Kier molecular flexibility index (Phi) is 5.81. The largest absolute Gasteiger partial charge is 0.497 e. The van der Waals surface area contributed by atoms with E-state index in [1.165, 1.54) is 11.8 Å². The number of hydrogen-bond donors (Lipinski definition) is 1. The fraction of sp³-hybridized carbons (Fsp3) is 0.312. The molecule has 1 aromatic carbocycles. The van der Waals surface area contributed by atoms with Crippen LogP contribution in [-0.2, 0) is 4.79 Å². The van der Waals surface area contributed by atoms with Crippen molar-refractivity contribution in [2.45, 2.75) is 19.0 Å². The number of carbonyl (C=O) groups excluding carboxylic acids is 1. The van der Waals surface area contributed by atoms with Gasteiger partial charge in [0, 0.05) is 17.5 Å². The zero-order valence-corrected chi connectivity index (χ0v) is 14.4. The molecule has 122 valence electrons. The lowest BCUT2D eigenvalue weighted by Crippen LogP contribution is -2.15. The third-order valence-electron chi connectivity index (χ3n) is 2.98. The van der Waals surface area contributed by atoms with Crippen LogP contribution in [0.1, 0.15) is 11.4 Å². The number of benzene rings is 1. The lowest BCUT2D eigenvalue weighted by molar-refractivity contribution is -0.113. The normalized spacial score (nSPS) is 10.3. The maximum Gasteiger partial charge on any atom is 0.234 e. The number of aryl methyl sites for hydroxylation is 2. The molecule has 0 fully saturated rings. The number of ether oxygens (including phenoxy) is 2. The van der Waals surface area contributed by atoms with Crippen LogP contribution in [0.2, 0.25) is 0 Å². The number of methoxy groups -OCH3 is 2. The molecule has 0 saturated carbocycles. The molecule has 0 bridgehead atoms. The van der Waals surface area contributed by atoms with Crippen LogP contribution < -0.4 is 14.8 Å². The van der Waals surface area contributed by atoms with Crippen molar-refractivity contribution in [1.82, 2.24) is 9.97 Å². The Morgan fingerprint density at radius 3 is 2.43 bits per heavy atom. The summed E-state index contributed by atoms with van der Waals surface area (Å²) in [6, 6.07) is 7.12. The van der Waals surface area contributed by atoms with Gasteiger partial charge in [-0.3, -0.25) is 4.79 Å². The molecule has 0 aliphatic heterocycles. The number of aromatic nitrogens is 2. The summed E-state index contributed by atoms with van der Waals surface area (Å²) in [4.78, 5) is 20.7. The van der Waals surface area contributed by atoms with E-state index >= 15 is 0 Å². The van der Waals surface area contributed by atoms with Crippen molar-refractivity contribution >= 4 is 23.4 Å². The highest BCUT2D eigenvalue weighted by Gasteiger charge is 2.10. The van der Waals surface area contributed by atoms with Crippen LogP contribution in [0.4, 0.5) is 5.69 Å².